The van der Waals surface area contributed by atoms with Crippen LogP contribution in [0.15, 0.2) is 30.7 Å². The molecule has 1 saturated carbocycles. The molecule has 0 unspecified atom stereocenters. The van der Waals surface area contributed by atoms with Gasteiger partial charge in [-0.15, -0.1) is 0 Å². The number of nitrogens with one attached hydrogen (secondary N) is 3. The van der Waals surface area contributed by atoms with Gasteiger partial charge in [0.1, 0.15) is 11.5 Å². The number of fused-ring (bicyclic) bond motifs is 2. The van der Waals surface area contributed by atoms with Crippen molar-refractivity contribution in [1.82, 2.24) is 34.4 Å². The van der Waals surface area contributed by atoms with E-state index in [1.165, 1.54) is 0 Å². The van der Waals surface area contributed by atoms with Gasteiger partial charge in [0, 0.05) is 57.1 Å². The molecule has 0 atom stereocenters. The van der Waals surface area contributed by atoms with Crippen LogP contribution in [-0.4, -0.2) is 67.5 Å². The molecule has 4 heterocycles. The smallest absolute Gasteiger partial charge is 0.226 e. The minimum Gasteiger partial charge on any atom is -0.372 e. The van der Waals surface area contributed by atoms with Gasteiger partial charge in [-0.25, -0.2) is 9.50 Å². The van der Waals surface area contributed by atoms with Gasteiger partial charge in [0.2, 0.25) is 11.9 Å². The van der Waals surface area contributed by atoms with Gasteiger partial charge in [-0.1, -0.05) is 0 Å². The number of hydrogen-bond acceptors (Lipinski definition) is 7. The molecule has 4 aromatic heterocycles. The Bertz CT molecular complexity index is 1270. The summed E-state index contributed by atoms with van der Waals surface area (Å²) in [5.74, 6) is 1.66. The van der Waals surface area contributed by atoms with Crippen LogP contribution in [0.4, 0.5) is 11.8 Å². The molecular weight excluding hydrogens is 406 g/mol. The summed E-state index contributed by atoms with van der Waals surface area (Å²) in [5.41, 5.74) is 3.29. The Morgan fingerprint density at radius 2 is 1.97 bits per heavy atom. The predicted octanol–water partition coefficient (Wildman–Crippen LogP) is 2.77. The molecule has 4 aromatic rings. The minimum absolute atomic E-state index is 0.117. The van der Waals surface area contributed by atoms with Crippen LogP contribution in [0.3, 0.4) is 0 Å². The van der Waals surface area contributed by atoms with Gasteiger partial charge in [-0.2, -0.15) is 15.1 Å². The molecule has 0 radical (unpaired) electrons. The Hall–Kier alpha value is -3.69. The van der Waals surface area contributed by atoms with Gasteiger partial charge >= 0.3 is 0 Å². The lowest BCUT2D eigenvalue weighted by atomic mass is 9.85. The van der Waals surface area contributed by atoms with Crippen molar-refractivity contribution in [2.24, 2.45) is 5.92 Å². The third-order valence-electron chi connectivity index (χ3n) is 6.15. The van der Waals surface area contributed by atoms with Crippen LogP contribution in [0, 0.1) is 5.92 Å². The van der Waals surface area contributed by atoms with Crippen molar-refractivity contribution in [3.8, 4) is 11.3 Å². The van der Waals surface area contributed by atoms with Crippen LogP contribution in [0.2, 0.25) is 0 Å². The van der Waals surface area contributed by atoms with E-state index in [0.29, 0.717) is 5.95 Å². The van der Waals surface area contributed by atoms with Crippen LogP contribution < -0.4 is 10.6 Å². The summed E-state index contributed by atoms with van der Waals surface area (Å²) in [6, 6.07) is 4.06. The summed E-state index contributed by atoms with van der Waals surface area (Å²) >= 11 is 0. The molecule has 0 spiro atoms. The maximum atomic E-state index is 12.2. The molecule has 3 N–H and O–H groups in total. The maximum absolute atomic E-state index is 12.2. The monoisotopic (exact) mass is 433 g/mol. The van der Waals surface area contributed by atoms with Crippen LogP contribution in [0.5, 0.6) is 0 Å². The second-order valence-electron chi connectivity index (χ2n) is 8.44. The summed E-state index contributed by atoms with van der Waals surface area (Å²) < 4.78 is 1.73. The predicted molar refractivity (Wildman–Crippen MR) is 123 cm³/mol. The van der Waals surface area contributed by atoms with Gasteiger partial charge in [-0.05, 0) is 31.7 Å². The first-order valence-corrected chi connectivity index (χ1v) is 10.9. The number of amides is 1. The van der Waals surface area contributed by atoms with Crippen LogP contribution >= 0.6 is 0 Å². The number of anilines is 2. The molecule has 1 aliphatic rings. The van der Waals surface area contributed by atoms with E-state index in [2.05, 4.69) is 20.7 Å². The number of carbonyl (C=O) groups is 1. The molecule has 0 bridgehead atoms. The van der Waals surface area contributed by atoms with E-state index in [9.17, 15) is 4.79 Å². The number of aromatic nitrogens is 6. The highest BCUT2D eigenvalue weighted by Crippen LogP contribution is 2.33. The normalized spacial score (nSPS) is 18.7. The minimum atomic E-state index is 0.117. The number of carbonyl (C=O) groups excluding carboxylic acids is 1. The zero-order valence-electron chi connectivity index (χ0n) is 18.5. The number of nitrogens with zero attached hydrogens (tertiary/aromatic N) is 6. The fraction of sp³-hybridized carbons (Fsp3) is 0.409. The van der Waals surface area contributed by atoms with Crippen LogP contribution in [0.1, 0.15) is 25.7 Å². The molecule has 5 rings (SSSR count). The molecule has 0 aliphatic heterocycles. The summed E-state index contributed by atoms with van der Waals surface area (Å²) in [6.07, 6.45) is 9.14. The molecule has 1 fully saturated rings. The summed E-state index contributed by atoms with van der Waals surface area (Å²) in [5, 5.41) is 11.8. The van der Waals surface area contributed by atoms with E-state index in [-0.39, 0.29) is 17.9 Å². The maximum Gasteiger partial charge on any atom is 0.226 e. The van der Waals surface area contributed by atoms with E-state index in [1.807, 2.05) is 45.7 Å². The van der Waals surface area contributed by atoms with Crippen LogP contribution in [-0.2, 0) is 4.79 Å². The lowest BCUT2D eigenvalue weighted by molar-refractivity contribution is -0.133. The fourth-order valence-corrected chi connectivity index (χ4v) is 4.48. The SMILES string of the molecule is CNc1nc(N[C@H]2CC[C@@H](C(=O)N(C)C)CC2)nc2[nH]cc(-c3ccn4nccc4n3)c12. The van der Waals surface area contributed by atoms with Crippen molar-refractivity contribution in [1.29, 1.82) is 0 Å². The molecule has 10 heteroatoms. The zero-order valence-corrected chi connectivity index (χ0v) is 18.5. The average molecular weight is 434 g/mol. The van der Waals surface area contributed by atoms with Crippen LogP contribution in [0.25, 0.3) is 27.9 Å². The Labute approximate surface area is 185 Å². The topological polar surface area (TPSA) is 116 Å². The third kappa shape index (κ3) is 3.61. The van der Waals surface area contributed by atoms with E-state index < -0.39 is 0 Å². The zero-order chi connectivity index (χ0) is 22.2. The molecule has 166 valence electrons. The highest BCUT2D eigenvalue weighted by atomic mass is 16.2. The van der Waals surface area contributed by atoms with Gasteiger partial charge in [0.05, 0.1) is 17.3 Å². The molecular formula is C22H27N9O. The lowest BCUT2D eigenvalue weighted by Crippen LogP contribution is -2.35. The number of aromatic amines is 1. The fourth-order valence-electron chi connectivity index (χ4n) is 4.48. The third-order valence-corrected chi connectivity index (χ3v) is 6.15. The Kier molecular flexibility index (Phi) is 5.12. The number of rotatable bonds is 5. The molecule has 32 heavy (non-hydrogen) atoms. The van der Waals surface area contributed by atoms with E-state index in [4.69, 9.17) is 15.0 Å². The quantitative estimate of drug-likeness (QED) is 0.443. The second kappa shape index (κ2) is 8.10. The highest BCUT2D eigenvalue weighted by molar-refractivity contribution is 6.00. The molecule has 1 amide bonds. The summed E-state index contributed by atoms with van der Waals surface area (Å²) in [7, 11) is 5.50. The summed E-state index contributed by atoms with van der Waals surface area (Å²) in [6.45, 7) is 0. The Morgan fingerprint density at radius 3 is 2.72 bits per heavy atom. The highest BCUT2D eigenvalue weighted by Gasteiger charge is 2.28. The largest absolute Gasteiger partial charge is 0.372 e. The first-order valence-electron chi connectivity index (χ1n) is 10.9. The van der Waals surface area contributed by atoms with Crippen molar-refractivity contribution >= 4 is 34.4 Å². The molecule has 0 aromatic carbocycles. The van der Waals surface area contributed by atoms with Crippen molar-refractivity contribution in [2.45, 2.75) is 31.7 Å². The first kappa shape index (κ1) is 20.2. The number of hydrogen-bond donors (Lipinski definition) is 3. The second-order valence-corrected chi connectivity index (χ2v) is 8.44. The van der Waals surface area contributed by atoms with Gasteiger partial charge in [0.15, 0.2) is 5.65 Å². The molecule has 1 aliphatic carbocycles. The van der Waals surface area contributed by atoms with Crippen molar-refractivity contribution in [2.75, 3.05) is 31.8 Å². The Balaban J connectivity index is 1.39. The van der Waals surface area contributed by atoms with Gasteiger partial charge < -0.3 is 20.5 Å². The van der Waals surface area contributed by atoms with Gasteiger partial charge in [0.25, 0.3) is 0 Å². The van der Waals surface area contributed by atoms with E-state index in [0.717, 1.165) is 59.4 Å². The molecule has 0 saturated heterocycles. The molecule has 10 nitrogen and oxygen atoms in total. The van der Waals surface area contributed by atoms with Gasteiger partial charge in [-0.3, -0.25) is 4.79 Å². The van der Waals surface area contributed by atoms with E-state index >= 15 is 0 Å². The van der Waals surface area contributed by atoms with Crippen molar-refractivity contribution < 1.29 is 4.79 Å². The lowest BCUT2D eigenvalue weighted by Gasteiger charge is -2.29. The Morgan fingerprint density at radius 1 is 1.16 bits per heavy atom. The van der Waals surface area contributed by atoms with Crippen molar-refractivity contribution in [3.63, 3.8) is 0 Å². The number of H-pyrrole nitrogens is 1. The summed E-state index contributed by atoms with van der Waals surface area (Å²) in [4.78, 5) is 31.3. The standard InChI is InChI=1S/C22H27N9O/c1-23-19-18-15(16-9-11-31-17(27-16)8-10-25-31)12-24-20(18)29-22(28-19)26-14-6-4-13(5-7-14)21(32)30(2)3/h8-14H,4-7H2,1-3H3,(H3,23,24,26,28,29)/t13-,14+. The first-order chi connectivity index (χ1) is 15.5. The van der Waals surface area contributed by atoms with E-state index in [1.54, 1.807) is 15.6 Å². The van der Waals surface area contributed by atoms with Crippen molar-refractivity contribution in [3.05, 3.63) is 30.7 Å². The average Bonchev–Trinajstić information content (AvgIpc) is 3.45.